The van der Waals surface area contributed by atoms with Gasteiger partial charge in [-0.05, 0) is 19.1 Å². The second-order valence-electron chi connectivity index (χ2n) is 4.53. The number of aromatic nitrogens is 3. The molecule has 2 rings (SSSR count). The molecule has 1 N–H and O–H groups in total. The van der Waals surface area contributed by atoms with Gasteiger partial charge in [-0.25, -0.2) is 0 Å². The molecule has 0 fully saturated rings. The zero-order chi connectivity index (χ0) is 15.9. The molecule has 22 heavy (non-hydrogen) atoms. The highest BCUT2D eigenvalue weighted by Crippen LogP contribution is 2.24. The average molecular weight is 341 g/mol. The van der Waals surface area contributed by atoms with Crippen LogP contribution in [0.2, 0.25) is 5.02 Å². The van der Waals surface area contributed by atoms with E-state index < -0.39 is 0 Å². The van der Waals surface area contributed by atoms with E-state index >= 15 is 0 Å². The Balaban J connectivity index is 1.97. The topological polar surface area (TPSA) is 69.0 Å². The van der Waals surface area contributed by atoms with Gasteiger partial charge in [0.15, 0.2) is 5.16 Å². The number of anilines is 1. The standard InChI is InChI=1S/C14H17ClN4O2S/c1-10(13(20)17-12-6-4-3-5-11(12)15)22-14-18-16-9-19(14)7-8-21-2/h3-6,9-10H,7-8H2,1-2H3,(H,17,20). The maximum atomic E-state index is 12.2. The molecule has 8 heteroatoms. The number of hydrogen-bond donors (Lipinski definition) is 1. The summed E-state index contributed by atoms with van der Waals surface area (Å²) in [6, 6.07) is 7.13. The number of benzene rings is 1. The average Bonchev–Trinajstić information content (AvgIpc) is 2.94. The van der Waals surface area contributed by atoms with E-state index in [1.807, 2.05) is 23.6 Å². The van der Waals surface area contributed by atoms with Crippen molar-refractivity contribution in [3.05, 3.63) is 35.6 Å². The largest absolute Gasteiger partial charge is 0.383 e. The van der Waals surface area contributed by atoms with Crippen LogP contribution in [0.15, 0.2) is 35.7 Å². The monoisotopic (exact) mass is 340 g/mol. The summed E-state index contributed by atoms with van der Waals surface area (Å²) in [5.74, 6) is -0.139. The molecular formula is C14H17ClN4O2S. The molecule has 0 saturated carbocycles. The van der Waals surface area contributed by atoms with E-state index in [-0.39, 0.29) is 11.2 Å². The molecule has 1 heterocycles. The van der Waals surface area contributed by atoms with Crippen molar-refractivity contribution in [3.63, 3.8) is 0 Å². The van der Waals surface area contributed by atoms with Crippen LogP contribution in [0.1, 0.15) is 6.92 Å². The van der Waals surface area contributed by atoms with Gasteiger partial charge in [-0.15, -0.1) is 10.2 Å². The third-order valence-electron chi connectivity index (χ3n) is 2.90. The van der Waals surface area contributed by atoms with E-state index in [9.17, 15) is 4.79 Å². The Morgan fingerprint density at radius 1 is 1.50 bits per heavy atom. The highest BCUT2D eigenvalue weighted by atomic mass is 35.5. The fourth-order valence-electron chi connectivity index (χ4n) is 1.69. The summed E-state index contributed by atoms with van der Waals surface area (Å²) < 4.78 is 6.89. The van der Waals surface area contributed by atoms with Gasteiger partial charge < -0.3 is 14.6 Å². The number of halogens is 1. The van der Waals surface area contributed by atoms with Gasteiger partial charge in [-0.3, -0.25) is 4.79 Å². The summed E-state index contributed by atoms with van der Waals surface area (Å²) in [6.07, 6.45) is 1.63. The molecule has 6 nitrogen and oxygen atoms in total. The normalized spacial score (nSPS) is 12.1. The van der Waals surface area contributed by atoms with Crippen molar-refractivity contribution in [2.24, 2.45) is 0 Å². The Morgan fingerprint density at radius 2 is 2.27 bits per heavy atom. The summed E-state index contributed by atoms with van der Waals surface area (Å²) >= 11 is 7.38. The van der Waals surface area contributed by atoms with Crippen LogP contribution in [0, 0.1) is 0 Å². The summed E-state index contributed by atoms with van der Waals surface area (Å²) in [6.45, 7) is 3.02. The van der Waals surface area contributed by atoms with Crippen molar-refractivity contribution < 1.29 is 9.53 Å². The first-order valence-corrected chi connectivity index (χ1v) is 7.96. The van der Waals surface area contributed by atoms with Gasteiger partial charge in [0.05, 0.1) is 22.6 Å². The van der Waals surface area contributed by atoms with Gasteiger partial charge in [-0.1, -0.05) is 35.5 Å². The first-order valence-electron chi connectivity index (χ1n) is 6.70. The minimum absolute atomic E-state index is 0.139. The Bertz CT molecular complexity index is 635. The molecule has 0 saturated heterocycles. The van der Waals surface area contributed by atoms with Crippen molar-refractivity contribution in [2.45, 2.75) is 23.9 Å². The van der Waals surface area contributed by atoms with Gasteiger partial charge in [0.25, 0.3) is 0 Å². The Morgan fingerprint density at radius 3 is 3.00 bits per heavy atom. The maximum absolute atomic E-state index is 12.2. The SMILES string of the molecule is COCCn1cnnc1SC(C)C(=O)Nc1ccccc1Cl. The number of rotatable bonds is 7. The van der Waals surface area contributed by atoms with Crippen molar-refractivity contribution in [2.75, 3.05) is 19.0 Å². The molecule has 118 valence electrons. The molecule has 0 aliphatic heterocycles. The number of nitrogens with zero attached hydrogens (tertiary/aromatic N) is 3. The van der Waals surface area contributed by atoms with Gasteiger partial charge in [-0.2, -0.15) is 0 Å². The minimum atomic E-state index is -0.332. The van der Waals surface area contributed by atoms with E-state index in [0.29, 0.717) is 29.0 Å². The van der Waals surface area contributed by atoms with Crippen LogP contribution in [-0.2, 0) is 16.1 Å². The van der Waals surface area contributed by atoms with Gasteiger partial charge in [0.2, 0.25) is 5.91 Å². The van der Waals surface area contributed by atoms with Crippen molar-refractivity contribution in [1.29, 1.82) is 0 Å². The number of methoxy groups -OCH3 is 1. The summed E-state index contributed by atoms with van der Waals surface area (Å²) in [7, 11) is 1.64. The number of amides is 1. The smallest absolute Gasteiger partial charge is 0.237 e. The zero-order valence-corrected chi connectivity index (χ0v) is 13.9. The molecule has 2 aromatic rings. The van der Waals surface area contributed by atoms with Gasteiger partial charge >= 0.3 is 0 Å². The lowest BCUT2D eigenvalue weighted by atomic mass is 10.3. The van der Waals surface area contributed by atoms with E-state index in [1.165, 1.54) is 11.8 Å². The Hall–Kier alpha value is -1.57. The third-order valence-corrected chi connectivity index (χ3v) is 4.32. The fraction of sp³-hybridized carbons (Fsp3) is 0.357. The van der Waals surface area contributed by atoms with Crippen LogP contribution >= 0.6 is 23.4 Å². The van der Waals surface area contributed by atoms with E-state index in [0.717, 1.165) is 0 Å². The quantitative estimate of drug-likeness (QED) is 0.785. The van der Waals surface area contributed by atoms with Gasteiger partial charge in [0.1, 0.15) is 6.33 Å². The van der Waals surface area contributed by atoms with Crippen LogP contribution in [0.5, 0.6) is 0 Å². The Kier molecular flexibility index (Phi) is 6.23. The highest BCUT2D eigenvalue weighted by Gasteiger charge is 2.18. The van der Waals surface area contributed by atoms with Gasteiger partial charge in [0, 0.05) is 13.7 Å². The molecular weight excluding hydrogens is 324 g/mol. The van der Waals surface area contributed by atoms with Crippen LogP contribution in [0.25, 0.3) is 0 Å². The molecule has 0 bridgehead atoms. The van der Waals surface area contributed by atoms with Crippen LogP contribution < -0.4 is 5.32 Å². The lowest BCUT2D eigenvalue weighted by Gasteiger charge is -2.13. The first kappa shape index (κ1) is 16.8. The summed E-state index contributed by atoms with van der Waals surface area (Å²) in [5, 5.41) is 11.6. The number of carbonyl (C=O) groups excluding carboxylic acids is 1. The lowest BCUT2D eigenvalue weighted by molar-refractivity contribution is -0.115. The summed E-state index contributed by atoms with van der Waals surface area (Å²) in [5.41, 5.74) is 0.600. The summed E-state index contributed by atoms with van der Waals surface area (Å²) in [4.78, 5) is 12.2. The number of thioether (sulfide) groups is 1. The number of para-hydroxylation sites is 1. The molecule has 1 aromatic heterocycles. The number of hydrogen-bond acceptors (Lipinski definition) is 5. The minimum Gasteiger partial charge on any atom is -0.383 e. The lowest BCUT2D eigenvalue weighted by Crippen LogP contribution is -2.23. The second-order valence-corrected chi connectivity index (χ2v) is 6.24. The van der Waals surface area contributed by atoms with Crippen molar-refractivity contribution >= 4 is 35.0 Å². The van der Waals surface area contributed by atoms with Crippen molar-refractivity contribution in [1.82, 2.24) is 14.8 Å². The molecule has 0 radical (unpaired) electrons. The van der Waals surface area contributed by atoms with E-state index in [2.05, 4.69) is 15.5 Å². The molecule has 1 amide bonds. The maximum Gasteiger partial charge on any atom is 0.237 e. The van der Waals surface area contributed by atoms with E-state index in [4.69, 9.17) is 16.3 Å². The van der Waals surface area contributed by atoms with Crippen LogP contribution in [-0.4, -0.2) is 39.6 Å². The molecule has 0 aliphatic rings. The predicted octanol–water partition coefficient (Wildman–Crippen LogP) is 2.70. The zero-order valence-electron chi connectivity index (χ0n) is 12.3. The van der Waals surface area contributed by atoms with Crippen molar-refractivity contribution in [3.8, 4) is 0 Å². The number of carbonyl (C=O) groups is 1. The number of ether oxygens (including phenoxy) is 1. The first-order chi connectivity index (χ1) is 10.6. The molecule has 1 atom stereocenters. The van der Waals surface area contributed by atoms with Crippen LogP contribution in [0.4, 0.5) is 5.69 Å². The van der Waals surface area contributed by atoms with E-state index in [1.54, 1.807) is 25.6 Å². The third kappa shape index (κ3) is 4.46. The molecule has 0 aliphatic carbocycles. The molecule has 1 unspecified atom stereocenters. The highest BCUT2D eigenvalue weighted by molar-refractivity contribution is 8.00. The number of nitrogens with one attached hydrogen (secondary N) is 1. The fourth-order valence-corrected chi connectivity index (χ4v) is 2.72. The predicted molar refractivity (Wildman–Crippen MR) is 87.3 cm³/mol. The molecule has 1 aromatic carbocycles. The molecule has 0 spiro atoms. The van der Waals surface area contributed by atoms with Crippen LogP contribution in [0.3, 0.4) is 0 Å². The Labute approximate surface area is 138 Å². The second kappa shape index (κ2) is 8.17.